The number of rotatable bonds is 5. The molecule has 0 aliphatic carbocycles. The predicted octanol–water partition coefficient (Wildman–Crippen LogP) is 1.38. The van der Waals surface area contributed by atoms with Gasteiger partial charge in [-0.05, 0) is 23.6 Å². The molecule has 3 N–H and O–H groups in total. The maximum Gasteiger partial charge on any atom is 0.340 e. The van der Waals surface area contributed by atoms with Gasteiger partial charge < -0.3 is 15.4 Å². The number of ether oxygens (including phenoxy) is 1. The normalized spacial score (nSPS) is 9.96. The average molecular weight is 361 g/mol. The number of primary amides is 1. The zero-order valence-electron chi connectivity index (χ0n) is 13.2. The number of hydrogen-bond acceptors (Lipinski definition) is 6. The third-order valence-corrected chi connectivity index (χ3v) is 3.98. The van der Waals surface area contributed by atoms with Gasteiger partial charge in [0.05, 0.1) is 16.1 Å². The van der Waals surface area contributed by atoms with E-state index < -0.39 is 24.5 Å². The molecule has 0 fully saturated rings. The molecule has 2 aromatic rings. The van der Waals surface area contributed by atoms with Gasteiger partial charge in [-0.1, -0.05) is 18.2 Å². The van der Waals surface area contributed by atoms with Crippen molar-refractivity contribution >= 4 is 40.8 Å². The van der Waals surface area contributed by atoms with Gasteiger partial charge >= 0.3 is 12.0 Å². The first-order valence-corrected chi connectivity index (χ1v) is 7.95. The van der Waals surface area contributed by atoms with Crippen LogP contribution in [-0.2, 0) is 9.53 Å². The van der Waals surface area contributed by atoms with Crippen molar-refractivity contribution in [2.24, 2.45) is 5.73 Å². The van der Waals surface area contributed by atoms with Gasteiger partial charge in [0.25, 0.3) is 11.8 Å². The van der Waals surface area contributed by atoms with Crippen molar-refractivity contribution in [3.63, 3.8) is 0 Å². The third kappa shape index (κ3) is 4.64. The van der Waals surface area contributed by atoms with Crippen LogP contribution in [0.4, 0.5) is 10.5 Å². The number of imide groups is 1. The Morgan fingerprint density at radius 3 is 2.52 bits per heavy atom. The van der Waals surface area contributed by atoms with E-state index in [0.717, 1.165) is 0 Å². The van der Waals surface area contributed by atoms with Gasteiger partial charge in [-0.25, -0.2) is 9.59 Å². The molecule has 0 aliphatic heterocycles. The third-order valence-electron chi connectivity index (χ3n) is 3.12. The molecule has 0 radical (unpaired) electrons. The minimum absolute atomic E-state index is 0.113. The number of hydrogen-bond donors (Lipinski definition) is 2. The van der Waals surface area contributed by atoms with Crippen LogP contribution >= 0.6 is 11.3 Å². The molecule has 0 unspecified atom stereocenters. The Hall–Kier alpha value is -3.20. The van der Waals surface area contributed by atoms with Crippen molar-refractivity contribution in [1.29, 1.82) is 0 Å². The maximum atomic E-state index is 12.4. The van der Waals surface area contributed by atoms with E-state index in [1.165, 1.54) is 29.4 Å². The summed E-state index contributed by atoms with van der Waals surface area (Å²) in [5.74, 6) is -1.93. The zero-order chi connectivity index (χ0) is 18.4. The van der Waals surface area contributed by atoms with E-state index >= 15 is 0 Å². The highest BCUT2D eigenvalue weighted by atomic mass is 32.1. The van der Waals surface area contributed by atoms with Gasteiger partial charge in [0, 0.05) is 7.05 Å². The lowest BCUT2D eigenvalue weighted by Crippen LogP contribution is -2.37. The molecule has 1 aromatic heterocycles. The first kappa shape index (κ1) is 18.1. The number of benzene rings is 1. The summed E-state index contributed by atoms with van der Waals surface area (Å²) in [6, 6.07) is 8.73. The van der Waals surface area contributed by atoms with Crippen molar-refractivity contribution in [3.8, 4) is 0 Å². The number of nitrogens with two attached hydrogens (primary N) is 1. The van der Waals surface area contributed by atoms with Gasteiger partial charge in [0.15, 0.2) is 6.61 Å². The summed E-state index contributed by atoms with van der Waals surface area (Å²) in [4.78, 5) is 48.4. The zero-order valence-corrected chi connectivity index (χ0v) is 14.0. The maximum absolute atomic E-state index is 12.4. The number of para-hydroxylation sites is 1. The second kappa shape index (κ2) is 8.06. The van der Waals surface area contributed by atoms with Crippen molar-refractivity contribution in [2.45, 2.75) is 0 Å². The number of esters is 1. The Labute approximate surface area is 147 Å². The van der Waals surface area contributed by atoms with Crippen LogP contribution in [0.5, 0.6) is 0 Å². The summed E-state index contributed by atoms with van der Waals surface area (Å²) in [6.07, 6.45) is 0. The van der Waals surface area contributed by atoms with E-state index in [1.807, 2.05) is 0 Å². The Kier molecular flexibility index (Phi) is 5.85. The summed E-state index contributed by atoms with van der Waals surface area (Å²) in [5, 5.41) is 3.56. The van der Waals surface area contributed by atoms with Crippen LogP contribution < -0.4 is 16.0 Å². The quantitative estimate of drug-likeness (QED) is 0.780. The van der Waals surface area contributed by atoms with Crippen molar-refractivity contribution in [2.75, 3.05) is 18.6 Å². The Bertz CT molecular complexity index is 804. The minimum Gasteiger partial charge on any atom is -0.452 e. The molecule has 8 nitrogen and oxygen atoms in total. The van der Waals surface area contributed by atoms with Crippen LogP contribution in [-0.4, -0.2) is 37.5 Å². The van der Waals surface area contributed by atoms with E-state index in [-0.39, 0.29) is 11.5 Å². The fourth-order valence-corrected chi connectivity index (χ4v) is 2.69. The Morgan fingerprint density at radius 1 is 1.16 bits per heavy atom. The average Bonchev–Trinajstić information content (AvgIpc) is 3.12. The predicted molar refractivity (Wildman–Crippen MR) is 91.5 cm³/mol. The van der Waals surface area contributed by atoms with E-state index in [4.69, 9.17) is 10.5 Å². The summed E-state index contributed by atoms with van der Waals surface area (Å²) < 4.78 is 4.86. The summed E-state index contributed by atoms with van der Waals surface area (Å²) in [6.45, 7) is -0.668. The van der Waals surface area contributed by atoms with Gasteiger partial charge in [-0.15, -0.1) is 11.3 Å². The van der Waals surface area contributed by atoms with E-state index in [2.05, 4.69) is 0 Å². The number of urea groups is 1. The second-order valence-corrected chi connectivity index (χ2v) is 5.79. The summed E-state index contributed by atoms with van der Waals surface area (Å²) in [5.41, 5.74) is 5.25. The number of anilines is 1. The van der Waals surface area contributed by atoms with Crippen LogP contribution in [0.2, 0.25) is 0 Å². The fourth-order valence-electron chi connectivity index (χ4n) is 2.00. The molecular weight excluding hydrogens is 346 g/mol. The molecule has 0 aliphatic rings. The first-order chi connectivity index (χ1) is 11.9. The molecule has 4 amide bonds. The van der Waals surface area contributed by atoms with E-state index in [0.29, 0.717) is 10.6 Å². The molecule has 130 valence electrons. The molecule has 0 bridgehead atoms. The topological polar surface area (TPSA) is 119 Å². The lowest BCUT2D eigenvalue weighted by Gasteiger charge is -2.19. The van der Waals surface area contributed by atoms with E-state index in [1.54, 1.807) is 41.0 Å². The molecule has 0 saturated carbocycles. The highest BCUT2D eigenvalue weighted by molar-refractivity contribution is 7.12. The summed E-state index contributed by atoms with van der Waals surface area (Å²) in [7, 11) is 1.54. The number of thiophene rings is 1. The molecular formula is C16H15N3O5S. The lowest BCUT2D eigenvalue weighted by atomic mass is 10.1. The lowest BCUT2D eigenvalue weighted by molar-refractivity contribution is -0.123. The van der Waals surface area contributed by atoms with Gasteiger partial charge in [0.1, 0.15) is 0 Å². The molecule has 25 heavy (non-hydrogen) atoms. The van der Waals surface area contributed by atoms with Crippen LogP contribution in [0.15, 0.2) is 41.8 Å². The van der Waals surface area contributed by atoms with Gasteiger partial charge in [0.2, 0.25) is 0 Å². The van der Waals surface area contributed by atoms with E-state index in [9.17, 15) is 19.2 Å². The number of amides is 4. The van der Waals surface area contributed by atoms with Crippen LogP contribution in [0, 0.1) is 0 Å². The second-order valence-electron chi connectivity index (χ2n) is 4.85. The van der Waals surface area contributed by atoms with Crippen LogP contribution in [0.3, 0.4) is 0 Å². The smallest absolute Gasteiger partial charge is 0.340 e. The fraction of sp³-hybridized carbons (Fsp3) is 0.125. The number of nitrogens with one attached hydrogen (secondary N) is 1. The standard InChI is InChI=1S/C16H15N3O5S/c1-19(14(21)12-7-4-8-25-12)11-6-3-2-5-10(11)15(22)24-9-13(20)18-16(17)23/h2-8H,9H2,1H3,(H3,17,18,20,23). The molecule has 0 atom stereocenters. The van der Waals surface area contributed by atoms with Gasteiger partial charge in [-0.2, -0.15) is 0 Å². The molecule has 0 saturated heterocycles. The highest BCUT2D eigenvalue weighted by Gasteiger charge is 2.21. The number of carbonyl (C=O) groups excluding carboxylic acids is 4. The Balaban J connectivity index is 2.14. The minimum atomic E-state index is -1.04. The molecule has 2 rings (SSSR count). The summed E-state index contributed by atoms with van der Waals surface area (Å²) >= 11 is 1.28. The van der Waals surface area contributed by atoms with Crippen LogP contribution in [0.1, 0.15) is 20.0 Å². The largest absolute Gasteiger partial charge is 0.452 e. The van der Waals surface area contributed by atoms with Gasteiger partial charge in [-0.3, -0.25) is 14.9 Å². The number of carbonyl (C=O) groups is 4. The molecule has 9 heteroatoms. The highest BCUT2D eigenvalue weighted by Crippen LogP contribution is 2.23. The van der Waals surface area contributed by atoms with Crippen molar-refractivity contribution in [1.82, 2.24) is 5.32 Å². The first-order valence-electron chi connectivity index (χ1n) is 7.07. The molecule has 0 spiro atoms. The monoisotopic (exact) mass is 361 g/mol. The number of nitrogens with zero attached hydrogens (tertiary/aromatic N) is 1. The molecule has 1 aromatic carbocycles. The SMILES string of the molecule is CN(C(=O)c1cccs1)c1ccccc1C(=O)OCC(=O)NC(N)=O. The van der Waals surface area contributed by atoms with Crippen molar-refractivity contribution < 1.29 is 23.9 Å². The van der Waals surface area contributed by atoms with Crippen molar-refractivity contribution in [3.05, 3.63) is 52.2 Å². The Morgan fingerprint density at radius 2 is 1.88 bits per heavy atom. The van der Waals surface area contributed by atoms with Crippen LogP contribution in [0.25, 0.3) is 0 Å². The molecule has 1 heterocycles.